The first-order chi connectivity index (χ1) is 11.7. The Kier molecular flexibility index (Phi) is 4.20. The quantitative estimate of drug-likeness (QED) is 0.725. The molecule has 0 amide bonds. The van der Waals surface area contributed by atoms with Crippen molar-refractivity contribution in [1.29, 1.82) is 0 Å². The maximum atomic E-state index is 12.7. The number of hydrogen-bond acceptors (Lipinski definition) is 2. The molecule has 0 atom stereocenters. The molecule has 0 radical (unpaired) electrons. The van der Waals surface area contributed by atoms with Crippen molar-refractivity contribution >= 4 is 28.6 Å². The van der Waals surface area contributed by atoms with Crippen LogP contribution < -0.4 is 0 Å². The molecule has 0 aliphatic carbocycles. The molecule has 25 heavy (non-hydrogen) atoms. The fourth-order valence-corrected chi connectivity index (χ4v) is 2.90. The number of para-hydroxylation sites is 1. The summed E-state index contributed by atoms with van der Waals surface area (Å²) in [5.41, 5.74) is 0.640. The monoisotopic (exact) mass is 368 g/mol. The molecular formula is C17H12ClF3N2O2. The van der Waals surface area contributed by atoms with Crippen LogP contribution in [0.1, 0.15) is 27.3 Å². The Morgan fingerprint density at radius 1 is 1.28 bits per heavy atom. The Labute approximate surface area is 145 Å². The SMILES string of the molecule is Cc1nc2c(C(=O)O)cccc2n1Cc1ccc(C(F)(F)F)cc1Cl. The van der Waals surface area contributed by atoms with Crippen LogP contribution in [0.2, 0.25) is 5.02 Å². The molecule has 0 bridgehead atoms. The molecule has 1 aromatic heterocycles. The van der Waals surface area contributed by atoms with E-state index in [0.717, 1.165) is 12.1 Å². The van der Waals surface area contributed by atoms with E-state index in [0.29, 0.717) is 22.4 Å². The lowest BCUT2D eigenvalue weighted by molar-refractivity contribution is -0.137. The van der Waals surface area contributed by atoms with E-state index in [1.807, 2.05) is 0 Å². The summed E-state index contributed by atoms with van der Waals surface area (Å²) in [6.07, 6.45) is -4.46. The van der Waals surface area contributed by atoms with Gasteiger partial charge in [-0.15, -0.1) is 0 Å². The molecule has 0 aliphatic rings. The first-order valence-electron chi connectivity index (χ1n) is 7.23. The van der Waals surface area contributed by atoms with Crippen LogP contribution in [0, 0.1) is 6.92 Å². The van der Waals surface area contributed by atoms with Gasteiger partial charge in [0.15, 0.2) is 0 Å². The minimum atomic E-state index is -4.46. The van der Waals surface area contributed by atoms with Crippen LogP contribution in [-0.4, -0.2) is 20.6 Å². The van der Waals surface area contributed by atoms with E-state index >= 15 is 0 Å². The molecule has 0 saturated heterocycles. The summed E-state index contributed by atoms with van der Waals surface area (Å²) < 4.78 is 39.9. The normalized spacial score (nSPS) is 11.9. The summed E-state index contributed by atoms with van der Waals surface area (Å²) in [6, 6.07) is 7.92. The number of rotatable bonds is 3. The van der Waals surface area contributed by atoms with Crippen molar-refractivity contribution < 1.29 is 23.1 Å². The zero-order chi connectivity index (χ0) is 18.4. The van der Waals surface area contributed by atoms with Crippen LogP contribution in [0.5, 0.6) is 0 Å². The number of carboxylic acid groups (broad SMARTS) is 1. The Balaban J connectivity index is 2.06. The van der Waals surface area contributed by atoms with E-state index in [4.69, 9.17) is 11.6 Å². The predicted molar refractivity (Wildman–Crippen MR) is 87.0 cm³/mol. The molecule has 3 rings (SSSR count). The number of fused-ring (bicyclic) bond motifs is 1. The number of aromatic carboxylic acids is 1. The lowest BCUT2D eigenvalue weighted by Crippen LogP contribution is -2.07. The molecule has 3 aromatic rings. The molecule has 0 aliphatic heterocycles. The number of alkyl halides is 3. The summed E-state index contributed by atoms with van der Waals surface area (Å²) in [5.74, 6) is -0.553. The molecule has 1 N–H and O–H groups in total. The van der Waals surface area contributed by atoms with Gasteiger partial charge in [0.05, 0.1) is 23.2 Å². The summed E-state index contributed by atoms with van der Waals surface area (Å²) >= 11 is 6.01. The minimum Gasteiger partial charge on any atom is -0.478 e. The van der Waals surface area contributed by atoms with Crippen molar-refractivity contribution in [3.63, 3.8) is 0 Å². The highest BCUT2D eigenvalue weighted by Crippen LogP contribution is 2.32. The number of aryl methyl sites for hydroxylation is 1. The predicted octanol–water partition coefficient (Wildman–Crippen LogP) is 4.76. The zero-order valence-corrected chi connectivity index (χ0v) is 13.7. The minimum absolute atomic E-state index is 0.00883. The van der Waals surface area contributed by atoms with Gasteiger partial charge in [-0.25, -0.2) is 9.78 Å². The van der Waals surface area contributed by atoms with Gasteiger partial charge in [0.2, 0.25) is 0 Å². The number of carboxylic acids is 1. The molecule has 0 unspecified atom stereocenters. The van der Waals surface area contributed by atoms with E-state index in [-0.39, 0.29) is 17.1 Å². The van der Waals surface area contributed by atoms with Crippen molar-refractivity contribution in [2.45, 2.75) is 19.6 Å². The topological polar surface area (TPSA) is 55.1 Å². The highest BCUT2D eigenvalue weighted by atomic mass is 35.5. The van der Waals surface area contributed by atoms with E-state index in [9.17, 15) is 23.1 Å². The second-order valence-corrected chi connectivity index (χ2v) is 5.93. The van der Waals surface area contributed by atoms with Crippen molar-refractivity contribution in [3.05, 3.63) is 63.9 Å². The second kappa shape index (κ2) is 6.07. The molecule has 1 heterocycles. The molecule has 0 fully saturated rings. The maximum absolute atomic E-state index is 12.7. The summed E-state index contributed by atoms with van der Waals surface area (Å²) in [6.45, 7) is 1.88. The molecule has 130 valence electrons. The number of aromatic nitrogens is 2. The average Bonchev–Trinajstić information content (AvgIpc) is 2.83. The van der Waals surface area contributed by atoms with Gasteiger partial charge in [0, 0.05) is 5.02 Å². The van der Waals surface area contributed by atoms with Gasteiger partial charge in [-0.1, -0.05) is 23.7 Å². The summed E-state index contributed by atoms with van der Waals surface area (Å²) in [7, 11) is 0. The third-order valence-electron chi connectivity index (χ3n) is 3.91. The summed E-state index contributed by atoms with van der Waals surface area (Å²) in [4.78, 5) is 15.6. The van der Waals surface area contributed by atoms with Gasteiger partial charge < -0.3 is 9.67 Å². The highest BCUT2D eigenvalue weighted by molar-refractivity contribution is 6.31. The number of imidazole rings is 1. The van der Waals surface area contributed by atoms with E-state index < -0.39 is 17.7 Å². The lowest BCUT2D eigenvalue weighted by atomic mass is 10.1. The number of carbonyl (C=O) groups is 1. The number of hydrogen-bond donors (Lipinski definition) is 1. The average molecular weight is 369 g/mol. The van der Waals surface area contributed by atoms with Gasteiger partial charge in [-0.3, -0.25) is 0 Å². The highest BCUT2D eigenvalue weighted by Gasteiger charge is 2.31. The first kappa shape index (κ1) is 17.3. The van der Waals surface area contributed by atoms with Crippen LogP contribution in [0.3, 0.4) is 0 Å². The molecule has 0 saturated carbocycles. The van der Waals surface area contributed by atoms with Crippen LogP contribution >= 0.6 is 11.6 Å². The first-order valence-corrected chi connectivity index (χ1v) is 7.61. The Morgan fingerprint density at radius 2 is 2.00 bits per heavy atom. The Hall–Kier alpha value is -2.54. The maximum Gasteiger partial charge on any atom is 0.416 e. The number of nitrogens with zero attached hydrogens (tertiary/aromatic N) is 2. The van der Waals surface area contributed by atoms with Crippen LogP contribution in [0.25, 0.3) is 11.0 Å². The number of benzene rings is 2. The van der Waals surface area contributed by atoms with Crippen LogP contribution in [0.15, 0.2) is 36.4 Å². The Morgan fingerprint density at radius 3 is 2.60 bits per heavy atom. The third-order valence-corrected chi connectivity index (χ3v) is 4.26. The van der Waals surface area contributed by atoms with Gasteiger partial charge in [-0.2, -0.15) is 13.2 Å². The molecular weight excluding hydrogens is 357 g/mol. The van der Waals surface area contributed by atoms with E-state index in [1.54, 1.807) is 23.6 Å². The standard InChI is InChI=1S/C17H12ClF3N2O2/c1-9-22-15-12(16(24)25)3-2-4-14(15)23(9)8-10-5-6-11(7-13(10)18)17(19,20)21/h2-7H,8H2,1H3,(H,24,25). The fourth-order valence-electron chi connectivity index (χ4n) is 2.66. The molecule has 0 spiro atoms. The smallest absolute Gasteiger partial charge is 0.416 e. The molecule has 4 nitrogen and oxygen atoms in total. The van der Waals surface area contributed by atoms with E-state index in [1.165, 1.54) is 12.1 Å². The lowest BCUT2D eigenvalue weighted by Gasteiger charge is -2.12. The van der Waals surface area contributed by atoms with Gasteiger partial charge in [-0.05, 0) is 36.8 Å². The summed E-state index contributed by atoms with van der Waals surface area (Å²) in [5, 5.41) is 9.24. The third kappa shape index (κ3) is 3.19. The zero-order valence-electron chi connectivity index (χ0n) is 12.9. The Bertz CT molecular complexity index is 980. The molecule has 8 heteroatoms. The van der Waals surface area contributed by atoms with Crippen LogP contribution in [0.4, 0.5) is 13.2 Å². The van der Waals surface area contributed by atoms with Gasteiger partial charge >= 0.3 is 12.1 Å². The number of halogens is 4. The van der Waals surface area contributed by atoms with E-state index in [2.05, 4.69) is 4.98 Å². The van der Waals surface area contributed by atoms with Crippen molar-refractivity contribution in [3.8, 4) is 0 Å². The second-order valence-electron chi connectivity index (χ2n) is 5.53. The van der Waals surface area contributed by atoms with Gasteiger partial charge in [0.1, 0.15) is 11.3 Å². The van der Waals surface area contributed by atoms with Crippen molar-refractivity contribution in [2.24, 2.45) is 0 Å². The van der Waals surface area contributed by atoms with Crippen molar-refractivity contribution in [1.82, 2.24) is 9.55 Å². The van der Waals surface area contributed by atoms with Crippen molar-refractivity contribution in [2.75, 3.05) is 0 Å². The molecule has 2 aromatic carbocycles. The fraction of sp³-hybridized carbons (Fsp3) is 0.176. The van der Waals surface area contributed by atoms with Gasteiger partial charge in [0.25, 0.3) is 0 Å². The van der Waals surface area contributed by atoms with Crippen LogP contribution in [-0.2, 0) is 12.7 Å². The largest absolute Gasteiger partial charge is 0.478 e.